The van der Waals surface area contributed by atoms with E-state index < -0.39 is 10.0 Å². The molecule has 130 valence electrons. The number of rotatable bonds is 8. The minimum absolute atomic E-state index is 0.130. The number of imidazole rings is 1. The maximum Gasteiger partial charge on any atom is 0.242 e. The summed E-state index contributed by atoms with van der Waals surface area (Å²) in [6, 6.07) is 6.31. The van der Waals surface area contributed by atoms with Crippen LogP contribution < -0.4 is 10.0 Å². The molecule has 1 atom stereocenters. The Hall–Kier alpha value is -2.19. The van der Waals surface area contributed by atoms with Crippen LogP contribution in [0.4, 0.5) is 0 Å². The lowest BCUT2D eigenvalue weighted by atomic mass is 10.2. The summed E-state index contributed by atoms with van der Waals surface area (Å²) < 4.78 is 28.4. The fraction of sp³-hybridized carbons (Fsp3) is 0.375. The van der Waals surface area contributed by atoms with Crippen molar-refractivity contribution >= 4 is 15.9 Å². The maximum absolute atomic E-state index is 12.1. The Balaban J connectivity index is 1.73. The molecule has 2 rings (SSSR count). The van der Waals surface area contributed by atoms with Gasteiger partial charge < -0.3 is 9.88 Å². The van der Waals surface area contributed by atoms with Gasteiger partial charge in [0, 0.05) is 25.5 Å². The van der Waals surface area contributed by atoms with Gasteiger partial charge in [-0.25, -0.2) is 18.1 Å². The monoisotopic (exact) mass is 350 g/mol. The van der Waals surface area contributed by atoms with Crippen LogP contribution in [0, 0.1) is 6.92 Å². The van der Waals surface area contributed by atoms with Crippen molar-refractivity contribution in [1.82, 2.24) is 19.6 Å². The number of aromatic nitrogens is 2. The molecule has 1 heterocycles. The van der Waals surface area contributed by atoms with Gasteiger partial charge in [0.05, 0.1) is 11.2 Å². The van der Waals surface area contributed by atoms with Gasteiger partial charge in [0.25, 0.3) is 0 Å². The van der Waals surface area contributed by atoms with Gasteiger partial charge in [0.1, 0.15) is 6.04 Å². The molecule has 7 nitrogen and oxygen atoms in total. The van der Waals surface area contributed by atoms with Gasteiger partial charge in [0.15, 0.2) is 0 Å². The number of nitrogens with one attached hydrogen (secondary N) is 2. The molecule has 0 unspecified atom stereocenters. The van der Waals surface area contributed by atoms with Crippen molar-refractivity contribution in [1.29, 1.82) is 0 Å². The molecule has 0 radical (unpaired) electrons. The number of carbonyl (C=O) groups is 1. The van der Waals surface area contributed by atoms with E-state index in [4.69, 9.17) is 0 Å². The molecule has 0 aliphatic rings. The highest BCUT2D eigenvalue weighted by Crippen LogP contribution is 2.09. The zero-order valence-electron chi connectivity index (χ0n) is 13.8. The minimum Gasteiger partial charge on any atom is -0.354 e. The molecule has 0 aliphatic heterocycles. The fourth-order valence-electron chi connectivity index (χ4n) is 2.09. The van der Waals surface area contributed by atoms with Crippen LogP contribution in [0.3, 0.4) is 0 Å². The van der Waals surface area contributed by atoms with E-state index in [0.29, 0.717) is 13.0 Å². The lowest BCUT2D eigenvalue weighted by Gasteiger charge is -2.13. The highest BCUT2D eigenvalue weighted by Gasteiger charge is 2.14. The van der Waals surface area contributed by atoms with Gasteiger partial charge in [-0.1, -0.05) is 17.7 Å². The molecule has 8 heteroatoms. The van der Waals surface area contributed by atoms with Crippen molar-refractivity contribution in [3.8, 4) is 0 Å². The Morgan fingerprint density at radius 2 is 1.96 bits per heavy atom. The van der Waals surface area contributed by atoms with Crippen LogP contribution in [0.2, 0.25) is 0 Å². The lowest BCUT2D eigenvalue weighted by molar-refractivity contribution is -0.123. The third-order valence-electron chi connectivity index (χ3n) is 3.63. The summed E-state index contributed by atoms with van der Waals surface area (Å²) in [5, 5.41) is 2.78. The van der Waals surface area contributed by atoms with Gasteiger partial charge in [-0.2, -0.15) is 0 Å². The summed E-state index contributed by atoms with van der Waals surface area (Å²) in [4.78, 5) is 16.1. The summed E-state index contributed by atoms with van der Waals surface area (Å²) in [7, 11) is -3.50. The largest absolute Gasteiger partial charge is 0.354 e. The van der Waals surface area contributed by atoms with Gasteiger partial charge >= 0.3 is 0 Å². The number of carbonyl (C=O) groups excluding carboxylic acids is 1. The normalized spacial score (nSPS) is 12.8. The van der Waals surface area contributed by atoms with Crippen LogP contribution in [0.25, 0.3) is 0 Å². The highest BCUT2D eigenvalue weighted by atomic mass is 32.2. The summed E-state index contributed by atoms with van der Waals surface area (Å²) in [5.41, 5.74) is 1.00. The Morgan fingerprint density at radius 1 is 1.25 bits per heavy atom. The summed E-state index contributed by atoms with van der Waals surface area (Å²) in [6.45, 7) is 4.33. The van der Waals surface area contributed by atoms with E-state index in [-0.39, 0.29) is 23.4 Å². The number of hydrogen-bond donors (Lipinski definition) is 2. The van der Waals surface area contributed by atoms with E-state index in [1.54, 1.807) is 54.5 Å². The van der Waals surface area contributed by atoms with Crippen molar-refractivity contribution in [2.45, 2.75) is 31.2 Å². The average molecular weight is 350 g/mol. The molecule has 24 heavy (non-hydrogen) atoms. The summed E-state index contributed by atoms with van der Waals surface area (Å²) in [5.74, 6) is -0.130. The standard InChI is InChI=1S/C16H22N4O3S/c1-13-4-6-15(7-5-13)24(22,23)19-9-3-8-18-16(21)14(2)20-11-10-17-12-20/h4-7,10-12,14,19H,3,8-9H2,1-2H3,(H,18,21)/t14-/m1/s1. The topological polar surface area (TPSA) is 93.1 Å². The van der Waals surface area contributed by atoms with Crippen LogP contribution in [0.5, 0.6) is 0 Å². The number of amides is 1. The molecule has 0 spiro atoms. The fourth-order valence-corrected chi connectivity index (χ4v) is 3.16. The van der Waals surface area contributed by atoms with Crippen molar-refractivity contribution in [3.63, 3.8) is 0 Å². The molecular weight excluding hydrogens is 328 g/mol. The van der Waals surface area contributed by atoms with E-state index >= 15 is 0 Å². The Kier molecular flexibility index (Phi) is 6.10. The molecule has 1 aromatic carbocycles. The molecular formula is C16H22N4O3S. The first-order valence-electron chi connectivity index (χ1n) is 7.71. The molecule has 0 saturated carbocycles. The van der Waals surface area contributed by atoms with Crippen LogP contribution in [0.1, 0.15) is 24.9 Å². The Morgan fingerprint density at radius 3 is 2.58 bits per heavy atom. The van der Waals surface area contributed by atoms with Crippen molar-refractivity contribution in [3.05, 3.63) is 48.5 Å². The predicted octanol–water partition coefficient (Wildman–Crippen LogP) is 1.24. The zero-order valence-corrected chi connectivity index (χ0v) is 14.6. The third-order valence-corrected chi connectivity index (χ3v) is 5.10. The van der Waals surface area contributed by atoms with Crippen LogP contribution in [-0.4, -0.2) is 37.0 Å². The van der Waals surface area contributed by atoms with Crippen molar-refractivity contribution < 1.29 is 13.2 Å². The van der Waals surface area contributed by atoms with Gasteiger partial charge in [-0.3, -0.25) is 4.79 Å². The first kappa shape index (κ1) is 18.2. The minimum atomic E-state index is -3.50. The van der Waals surface area contributed by atoms with Crippen molar-refractivity contribution in [2.75, 3.05) is 13.1 Å². The van der Waals surface area contributed by atoms with E-state index in [9.17, 15) is 13.2 Å². The number of hydrogen-bond acceptors (Lipinski definition) is 4. The van der Waals surface area contributed by atoms with E-state index in [2.05, 4.69) is 15.0 Å². The summed E-state index contributed by atoms with van der Waals surface area (Å²) in [6.07, 6.45) is 5.43. The van der Waals surface area contributed by atoms with Crippen LogP contribution in [-0.2, 0) is 14.8 Å². The highest BCUT2D eigenvalue weighted by molar-refractivity contribution is 7.89. The second kappa shape index (κ2) is 8.07. The first-order valence-corrected chi connectivity index (χ1v) is 9.20. The number of aryl methyl sites for hydroxylation is 1. The van der Waals surface area contributed by atoms with E-state index in [1.165, 1.54) is 0 Å². The third kappa shape index (κ3) is 4.90. The molecule has 1 amide bonds. The SMILES string of the molecule is Cc1ccc(S(=O)(=O)NCCCNC(=O)[C@@H](C)n2ccnc2)cc1. The van der Waals surface area contributed by atoms with Crippen molar-refractivity contribution in [2.24, 2.45) is 0 Å². The quantitative estimate of drug-likeness (QED) is 0.701. The molecule has 2 aromatic rings. The lowest BCUT2D eigenvalue weighted by Crippen LogP contribution is -2.33. The Labute approximate surface area is 142 Å². The first-order chi connectivity index (χ1) is 11.4. The van der Waals surface area contributed by atoms with Gasteiger partial charge in [-0.05, 0) is 32.4 Å². The van der Waals surface area contributed by atoms with E-state index in [0.717, 1.165) is 5.56 Å². The smallest absolute Gasteiger partial charge is 0.242 e. The summed E-state index contributed by atoms with van der Waals surface area (Å²) >= 11 is 0. The molecule has 1 aromatic heterocycles. The number of sulfonamides is 1. The molecule has 0 aliphatic carbocycles. The molecule has 0 saturated heterocycles. The Bertz CT molecular complexity index is 755. The predicted molar refractivity (Wildman–Crippen MR) is 90.9 cm³/mol. The maximum atomic E-state index is 12.1. The molecule has 0 bridgehead atoms. The van der Waals surface area contributed by atoms with Crippen LogP contribution in [0.15, 0.2) is 47.9 Å². The average Bonchev–Trinajstić information content (AvgIpc) is 3.08. The second-order valence-electron chi connectivity index (χ2n) is 5.54. The second-order valence-corrected chi connectivity index (χ2v) is 7.31. The number of nitrogens with zero attached hydrogens (tertiary/aromatic N) is 2. The van der Waals surface area contributed by atoms with E-state index in [1.807, 2.05) is 6.92 Å². The van der Waals surface area contributed by atoms with Gasteiger partial charge in [-0.15, -0.1) is 0 Å². The molecule has 2 N–H and O–H groups in total. The number of benzene rings is 1. The van der Waals surface area contributed by atoms with Gasteiger partial charge in [0.2, 0.25) is 15.9 Å². The zero-order chi connectivity index (χ0) is 17.6. The molecule has 0 fully saturated rings. The van der Waals surface area contributed by atoms with Crippen LogP contribution >= 0.6 is 0 Å².